The van der Waals surface area contributed by atoms with Crippen molar-refractivity contribution in [3.63, 3.8) is 0 Å². The first-order chi connectivity index (χ1) is 14.7. The second-order valence-electron chi connectivity index (χ2n) is 6.66. The van der Waals surface area contributed by atoms with Crippen molar-refractivity contribution in [2.24, 2.45) is 0 Å². The number of amides is 1. The molecule has 0 unspecified atom stereocenters. The van der Waals surface area contributed by atoms with E-state index in [1.165, 1.54) is 0 Å². The topological polar surface area (TPSA) is 75.7 Å². The number of carbonyl (C=O) groups is 1. The summed E-state index contributed by atoms with van der Waals surface area (Å²) in [6.07, 6.45) is 1.04. The maximum absolute atomic E-state index is 12.6. The minimum Gasteiger partial charge on any atom is -0.455 e. The Morgan fingerprint density at radius 1 is 1.00 bits per heavy atom. The van der Waals surface area contributed by atoms with Crippen LogP contribution in [0.5, 0.6) is 11.5 Å². The van der Waals surface area contributed by atoms with Gasteiger partial charge in [-0.25, -0.2) is 8.42 Å². The molecule has 0 saturated heterocycles. The van der Waals surface area contributed by atoms with Gasteiger partial charge in [-0.3, -0.25) is 9.10 Å². The van der Waals surface area contributed by atoms with Crippen molar-refractivity contribution in [2.45, 2.75) is 6.54 Å². The predicted molar refractivity (Wildman–Crippen MR) is 123 cm³/mol. The summed E-state index contributed by atoms with van der Waals surface area (Å²) >= 11 is 12.0. The summed E-state index contributed by atoms with van der Waals surface area (Å²) in [5.41, 5.74) is 0.923. The zero-order valence-electron chi connectivity index (χ0n) is 16.6. The third kappa shape index (κ3) is 6.37. The third-order valence-electron chi connectivity index (χ3n) is 4.28. The number of nitrogens with one attached hydrogen (secondary N) is 1. The molecule has 0 aromatic heterocycles. The number of carbonyl (C=O) groups excluding carboxylic acids is 1. The van der Waals surface area contributed by atoms with Crippen molar-refractivity contribution in [1.82, 2.24) is 5.32 Å². The number of anilines is 1. The Kier molecular flexibility index (Phi) is 7.43. The molecule has 9 heteroatoms. The third-order valence-corrected chi connectivity index (χ3v) is 6.00. The van der Waals surface area contributed by atoms with Crippen LogP contribution in [0.4, 0.5) is 5.69 Å². The molecule has 0 bridgehead atoms. The molecule has 1 N–H and O–H groups in total. The van der Waals surface area contributed by atoms with Gasteiger partial charge >= 0.3 is 0 Å². The zero-order valence-corrected chi connectivity index (χ0v) is 18.9. The average Bonchev–Trinajstić information content (AvgIpc) is 2.72. The average molecular weight is 479 g/mol. The fourth-order valence-corrected chi connectivity index (χ4v) is 4.13. The van der Waals surface area contributed by atoms with Crippen LogP contribution < -0.4 is 14.4 Å². The second-order valence-corrected chi connectivity index (χ2v) is 9.42. The van der Waals surface area contributed by atoms with Crippen molar-refractivity contribution in [2.75, 3.05) is 17.1 Å². The number of para-hydroxylation sites is 3. The van der Waals surface area contributed by atoms with Gasteiger partial charge in [-0.15, -0.1) is 0 Å². The quantitative estimate of drug-likeness (QED) is 0.501. The molecule has 0 atom stereocenters. The first-order valence-electron chi connectivity index (χ1n) is 9.24. The van der Waals surface area contributed by atoms with Crippen LogP contribution in [-0.2, 0) is 21.4 Å². The summed E-state index contributed by atoms with van der Waals surface area (Å²) in [6, 6.07) is 20.5. The fraction of sp³-hybridized carbons (Fsp3) is 0.136. The van der Waals surface area contributed by atoms with E-state index in [1.54, 1.807) is 54.6 Å². The van der Waals surface area contributed by atoms with E-state index in [4.69, 9.17) is 27.9 Å². The van der Waals surface area contributed by atoms with E-state index in [9.17, 15) is 13.2 Å². The lowest BCUT2D eigenvalue weighted by Crippen LogP contribution is -2.40. The number of hydrogen-bond donors (Lipinski definition) is 1. The van der Waals surface area contributed by atoms with Crippen LogP contribution in [-0.4, -0.2) is 27.1 Å². The molecule has 6 nitrogen and oxygen atoms in total. The summed E-state index contributed by atoms with van der Waals surface area (Å²) in [5.74, 6) is 0.365. The maximum atomic E-state index is 12.6. The lowest BCUT2D eigenvalue weighted by atomic mass is 10.2. The van der Waals surface area contributed by atoms with Crippen molar-refractivity contribution in [3.8, 4) is 11.5 Å². The van der Waals surface area contributed by atoms with E-state index in [1.807, 2.05) is 18.2 Å². The number of rotatable bonds is 8. The van der Waals surface area contributed by atoms with E-state index in [0.29, 0.717) is 27.1 Å². The summed E-state index contributed by atoms with van der Waals surface area (Å²) in [4.78, 5) is 12.6. The van der Waals surface area contributed by atoms with Crippen molar-refractivity contribution in [1.29, 1.82) is 0 Å². The Morgan fingerprint density at radius 2 is 1.68 bits per heavy atom. The molecule has 0 heterocycles. The largest absolute Gasteiger partial charge is 0.455 e. The number of sulfonamides is 1. The van der Waals surface area contributed by atoms with Crippen molar-refractivity contribution >= 4 is 44.8 Å². The normalized spacial score (nSPS) is 11.1. The minimum absolute atomic E-state index is 0.134. The van der Waals surface area contributed by atoms with Crippen LogP contribution >= 0.6 is 23.2 Å². The van der Waals surface area contributed by atoms with Gasteiger partial charge < -0.3 is 10.1 Å². The van der Waals surface area contributed by atoms with Crippen LogP contribution in [0.3, 0.4) is 0 Å². The lowest BCUT2D eigenvalue weighted by Gasteiger charge is -2.24. The zero-order chi connectivity index (χ0) is 22.4. The number of benzene rings is 3. The Bertz CT molecular complexity index is 1170. The monoisotopic (exact) mass is 478 g/mol. The summed E-state index contributed by atoms with van der Waals surface area (Å²) in [5, 5.41) is 3.58. The molecule has 3 rings (SSSR count). The van der Waals surface area contributed by atoms with Gasteiger partial charge in [0, 0.05) is 16.6 Å². The molecule has 162 valence electrons. The standard InChI is InChI=1S/C22H20Cl2N2O4S/c1-31(28,29)26(15-22(27)25-14-16-11-12-17(23)13-19(16)24)20-9-5-6-10-21(20)30-18-7-3-2-4-8-18/h2-13H,14-15H2,1H3,(H,25,27). The van der Waals surface area contributed by atoms with Crippen molar-refractivity contribution in [3.05, 3.63) is 88.4 Å². The molecule has 0 aliphatic carbocycles. The van der Waals surface area contributed by atoms with Crippen LogP contribution in [0.25, 0.3) is 0 Å². The predicted octanol–water partition coefficient (Wildman–Crippen LogP) is 4.87. The van der Waals surface area contributed by atoms with Gasteiger partial charge in [0.2, 0.25) is 15.9 Å². The van der Waals surface area contributed by atoms with Crippen LogP contribution in [0.15, 0.2) is 72.8 Å². The first-order valence-corrected chi connectivity index (χ1v) is 11.8. The van der Waals surface area contributed by atoms with E-state index in [2.05, 4.69) is 5.32 Å². The van der Waals surface area contributed by atoms with Gasteiger partial charge in [-0.1, -0.05) is 59.6 Å². The highest BCUT2D eigenvalue weighted by Crippen LogP contribution is 2.33. The van der Waals surface area contributed by atoms with E-state index < -0.39 is 22.5 Å². The number of halogens is 2. The number of nitrogens with zero attached hydrogens (tertiary/aromatic N) is 1. The van der Waals surface area contributed by atoms with E-state index in [-0.39, 0.29) is 12.2 Å². The smallest absolute Gasteiger partial charge is 0.241 e. The highest BCUT2D eigenvalue weighted by molar-refractivity contribution is 7.92. The Labute approximate surface area is 191 Å². The first kappa shape index (κ1) is 22.9. The molecule has 0 fully saturated rings. The number of ether oxygens (including phenoxy) is 1. The molecule has 0 aliphatic rings. The lowest BCUT2D eigenvalue weighted by molar-refractivity contribution is -0.119. The Morgan fingerprint density at radius 3 is 2.35 bits per heavy atom. The second kappa shape index (κ2) is 10.0. The summed E-state index contributed by atoms with van der Waals surface area (Å²) in [7, 11) is -3.78. The molecular weight excluding hydrogens is 459 g/mol. The van der Waals surface area contributed by atoms with E-state index in [0.717, 1.165) is 10.6 Å². The summed E-state index contributed by atoms with van der Waals surface area (Å²) in [6.45, 7) is -0.284. The maximum Gasteiger partial charge on any atom is 0.241 e. The molecular formula is C22H20Cl2N2O4S. The van der Waals surface area contributed by atoms with Gasteiger partial charge in [0.1, 0.15) is 12.3 Å². The molecule has 3 aromatic rings. The van der Waals surface area contributed by atoms with Crippen LogP contribution in [0.1, 0.15) is 5.56 Å². The van der Waals surface area contributed by atoms with Gasteiger partial charge in [0.15, 0.2) is 5.75 Å². The Balaban J connectivity index is 1.79. The van der Waals surface area contributed by atoms with Gasteiger partial charge in [0.25, 0.3) is 0 Å². The molecule has 0 aliphatic heterocycles. The molecule has 0 spiro atoms. The number of hydrogen-bond acceptors (Lipinski definition) is 4. The molecule has 0 saturated carbocycles. The molecule has 1 amide bonds. The summed E-state index contributed by atoms with van der Waals surface area (Å²) < 4.78 is 31.8. The van der Waals surface area contributed by atoms with Crippen molar-refractivity contribution < 1.29 is 17.9 Å². The SMILES string of the molecule is CS(=O)(=O)N(CC(=O)NCc1ccc(Cl)cc1Cl)c1ccccc1Oc1ccccc1. The molecule has 3 aromatic carbocycles. The highest BCUT2D eigenvalue weighted by Gasteiger charge is 2.24. The minimum atomic E-state index is -3.78. The van der Waals surface area contributed by atoms with Crippen LogP contribution in [0, 0.1) is 0 Å². The van der Waals surface area contributed by atoms with Crippen LogP contribution in [0.2, 0.25) is 10.0 Å². The van der Waals surface area contributed by atoms with Gasteiger partial charge in [0.05, 0.1) is 11.9 Å². The highest BCUT2D eigenvalue weighted by atomic mass is 35.5. The van der Waals surface area contributed by atoms with Gasteiger partial charge in [-0.2, -0.15) is 0 Å². The van der Waals surface area contributed by atoms with E-state index >= 15 is 0 Å². The van der Waals surface area contributed by atoms with Gasteiger partial charge in [-0.05, 0) is 42.0 Å². The molecule has 31 heavy (non-hydrogen) atoms. The Hall–Kier alpha value is -2.74. The molecule has 0 radical (unpaired) electrons. The fourth-order valence-electron chi connectivity index (χ4n) is 2.79.